The summed E-state index contributed by atoms with van der Waals surface area (Å²) in [7, 11) is 1.63. The maximum absolute atomic E-state index is 11.2. The number of rotatable bonds is 5. The zero-order valence-electron chi connectivity index (χ0n) is 11.4. The summed E-state index contributed by atoms with van der Waals surface area (Å²) >= 11 is 7.93. The highest BCUT2D eigenvalue weighted by atomic mass is 35.5. The van der Waals surface area contributed by atoms with E-state index < -0.39 is 0 Å². The zero-order chi connectivity index (χ0) is 14.5. The number of hydrogen-bond acceptors (Lipinski definition) is 3. The Morgan fingerprint density at radius 3 is 2.75 bits per heavy atom. The maximum atomic E-state index is 11.2. The van der Waals surface area contributed by atoms with Crippen molar-refractivity contribution in [1.29, 1.82) is 0 Å². The fraction of sp³-hybridized carbons (Fsp3) is 0.286. The molecular weight excluding hydrogens is 294 g/mol. The lowest BCUT2D eigenvalue weighted by molar-refractivity contribution is -0.118. The molecule has 1 N–H and O–H groups in total. The molecule has 0 unspecified atom stereocenters. The molecule has 0 atom stereocenters. The molecule has 0 saturated heterocycles. The van der Waals surface area contributed by atoms with E-state index in [0.717, 1.165) is 16.9 Å². The van der Waals surface area contributed by atoms with Crippen LogP contribution in [0, 0.1) is 6.92 Å². The van der Waals surface area contributed by atoms with Crippen molar-refractivity contribution in [3.05, 3.63) is 46.7 Å². The van der Waals surface area contributed by atoms with E-state index >= 15 is 0 Å². The standard InChI is InChI=1S/C14H16ClN3OS/c1-10-12(8-20-9-13(19)16-2)14(15)18(17-10)11-6-4-3-5-7-11/h3-7H,8-9H2,1-2H3,(H,16,19). The van der Waals surface area contributed by atoms with Crippen LogP contribution in [0.15, 0.2) is 30.3 Å². The first-order valence-electron chi connectivity index (χ1n) is 6.21. The molecule has 0 aliphatic rings. The van der Waals surface area contributed by atoms with Crippen LogP contribution in [0.2, 0.25) is 5.15 Å². The van der Waals surface area contributed by atoms with Gasteiger partial charge < -0.3 is 5.32 Å². The zero-order valence-corrected chi connectivity index (χ0v) is 13.0. The first kappa shape index (κ1) is 14.9. The van der Waals surface area contributed by atoms with Crippen molar-refractivity contribution in [2.24, 2.45) is 0 Å². The minimum Gasteiger partial charge on any atom is -0.358 e. The van der Waals surface area contributed by atoms with Crippen molar-refractivity contribution in [2.45, 2.75) is 12.7 Å². The first-order chi connectivity index (χ1) is 9.63. The summed E-state index contributed by atoms with van der Waals surface area (Å²) in [5.41, 5.74) is 2.80. The lowest BCUT2D eigenvalue weighted by Crippen LogP contribution is -2.19. The monoisotopic (exact) mass is 309 g/mol. The fourth-order valence-corrected chi connectivity index (χ4v) is 3.15. The molecule has 0 aliphatic carbocycles. The van der Waals surface area contributed by atoms with Crippen molar-refractivity contribution in [3.63, 3.8) is 0 Å². The molecular formula is C14H16ClN3OS. The van der Waals surface area contributed by atoms with Crippen LogP contribution in [-0.2, 0) is 10.5 Å². The number of halogens is 1. The summed E-state index contributed by atoms with van der Waals surface area (Å²) in [6, 6.07) is 9.76. The molecule has 0 fully saturated rings. The average Bonchev–Trinajstić information content (AvgIpc) is 2.75. The number of hydrogen-bond donors (Lipinski definition) is 1. The third-order valence-electron chi connectivity index (χ3n) is 2.88. The van der Waals surface area contributed by atoms with Gasteiger partial charge in [0.25, 0.3) is 0 Å². The molecule has 20 heavy (non-hydrogen) atoms. The predicted octanol–water partition coefficient (Wildman–Crippen LogP) is 2.81. The summed E-state index contributed by atoms with van der Waals surface area (Å²) in [5.74, 6) is 1.10. The van der Waals surface area contributed by atoms with E-state index in [4.69, 9.17) is 11.6 Å². The van der Waals surface area contributed by atoms with Gasteiger partial charge in [-0.2, -0.15) is 5.10 Å². The van der Waals surface area contributed by atoms with Gasteiger partial charge in [-0.25, -0.2) is 4.68 Å². The second-order valence-electron chi connectivity index (χ2n) is 4.27. The van der Waals surface area contributed by atoms with Crippen molar-refractivity contribution < 1.29 is 4.79 Å². The number of amides is 1. The number of carbonyl (C=O) groups is 1. The molecule has 1 aromatic carbocycles. The Balaban J connectivity index is 2.15. The smallest absolute Gasteiger partial charge is 0.229 e. The number of para-hydroxylation sites is 1. The Labute approximate surface area is 127 Å². The van der Waals surface area contributed by atoms with Gasteiger partial charge in [0.15, 0.2) is 0 Å². The SMILES string of the molecule is CNC(=O)CSCc1c(C)nn(-c2ccccc2)c1Cl. The van der Waals surface area contributed by atoms with Crippen molar-refractivity contribution in [3.8, 4) is 5.69 Å². The Morgan fingerprint density at radius 1 is 1.40 bits per heavy atom. The van der Waals surface area contributed by atoms with Gasteiger partial charge in [0.1, 0.15) is 5.15 Å². The lowest BCUT2D eigenvalue weighted by Gasteiger charge is -2.03. The Morgan fingerprint density at radius 2 is 2.10 bits per heavy atom. The first-order valence-corrected chi connectivity index (χ1v) is 7.74. The summed E-state index contributed by atoms with van der Waals surface area (Å²) in [6.45, 7) is 1.93. The van der Waals surface area contributed by atoms with E-state index in [1.54, 1.807) is 11.7 Å². The molecule has 0 saturated carbocycles. The van der Waals surface area contributed by atoms with Crippen molar-refractivity contribution in [2.75, 3.05) is 12.8 Å². The normalized spacial score (nSPS) is 10.6. The Bertz CT molecular complexity index is 598. The van der Waals surface area contributed by atoms with Gasteiger partial charge in [0, 0.05) is 18.4 Å². The molecule has 0 spiro atoms. The molecule has 0 bridgehead atoms. The third-order valence-corrected chi connectivity index (χ3v) is 4.23. The molecule has 2 rings (SSSR count). The molecule has 1 amide bonds. The highest BCUT2D eigenvalue weighted by molar-refractivity contribution is 7.99. The fourth-order valence-electron chi connectivity index (χ4n) is 1.75. The van der Waals surface area contributed by atoms with Gasteiger partial charge in [-0.1, -0.05) is 29.8 Å². The largest absolute Gasteiger partial charge is 0.358 e. The second kappa shape index (κ2) is 6.81. The lowest BCUT2D eigenvalue weighted by atomic mass is 10.3. The van der Waals surface area contributed by atoms with Gasteiger partial charge in [0.2, 0.25) is 5.91 Å². The van der Waals surface area contributed by atoms with Gasteiger partial charge in [-0.3, -0.25) is 4.79 Å². The van der Waals surface area contributed by atoms with E-state index in [2.05, 4.69) is 10.4 Å². The van der Waals surface area contributed by atoms with Crippen molar-refractivity contribution in [1.82, 2.24) is 15.1 Å². The summed E-state index contributed by atoms with van der Waals surface area (Å²) in [5, 5.41) is 7.68. The molecule has 0 aliphatic heterocycles. The number of nitrogens with one attached hydrogen (secondary N) is 1. The van der Waals surface area contributed by atoms with Crippen LogP contribution in [-0.4, -0.2) is 28.5 Å². The second-order valence-corrected chi connectivity index (χ2v) is 5.61. The summed E-state index contributed by atoms with van der Waals surface area (Å²) in [6.07, 6.45) is 0. The van der Waals surface area contributed by atoms with E-state index in [9.17, 15) is 4.79 Å². The molecule has 2 aromatic rings. The summed E-state index contributed by atoms with van der Waals surface area (Å²) in [4.78, 5) is 11.2. The van der Waals surface area contributed by atoms with E-state index in [1.807, 2.05) is 37.3 Å². The molecule has 0 radical (unpaired) electrons. The number of carbonyl (C=O) groups excluding carboxylic acids is 1. The minimum absolute atomic E-state index is 0.0132. The van der Waals surface area contributed by atoms with Gasteiger partial charge in [-0.05, 0) is 19.1 Å². The summed E-state index contributed by atoms with van der Waals surface area (Å²) < 4.78 is 1.73. The van der Waals surface area contributed by atoms with Crippen LogP contribution in [0.5, 0.6) is 0 Å². The number of benzene rings is 1. The van der Waals surface area contributed by atoms with E-state index in [0.29, 0.717) is 16.7 Å². The van der Waals surface area contributed by atoms with Gasteiger partial charge >= 0.3 is 0 Å². The van der Waals surface area contributed by atoms with Crippen LogP contribution in [0.3, 0.4) is 0 Å². The highest BCUT2D eigenvalue weighted by Gasteiger charge is 2.14. The number of nitrogens with zero attached hydrogens (tertiary/aromatic N) is 2. The molecule has 1 heterocycles. The molecule has 6 heteroatoms. The van der Waals surface area contributed by atoms with Crippen LogP contribution in [0.1, 0.15) is 11.3 Å². The van der Waals surface area contributed by atoms with Crippen molar-refractivity contribution >= 4 is 29.3 Å². The highest BCUT2D eigenvalue weighted by Crippen LogP contribution is 2.26. The minimum atomic E-state index is 0.0132. The van der Waals surface area contributed by atoms with Crippen LogP contribution < -0.4 is 5.32 Å². The maximum Gasteiger partial charge on any atom is 0.229 e. The molecule has 4 nitrogen and oxygen atoms in total. The number of aromatic nitrogens is 2. The van der Waals surface area contributed by atoms with Crippen LogP contribution in [0.25, 0.3) is 5.69 Å². The van der Waals surface area contributed by atoms with E-state index in [-0.39, 0.29) is 5.91 Å². The quantitative estimate of drug-likeness (QED) is 0.924. The predicted molar refractivity (Wildman–Crippen MR) is 83.5 cm³/mol. The van der Waals surface area contributed by atoms with Crippen LogP contribution >= 0.6 is 23.4 Å². The van der Waals surface area contributed by atoms with Gasteiger partial charge in [-0.15, -0.1) is 11.8 Å². The third kappa shape index (κ3) is 3.35. The number of thioether (sulfide) groups is 1. The molecule has 106 valence electrons. The Hall–Kier alpha value is -1.46. The Kier molecular flexibility index (Phi) is 5.09. The number of aryl methyl sites for hydroxylation is 1. The molecule has 1 aromatic heterocycles. The average molecular weight is 310 g/mol. The topological polar surface area (TPSA) is 46.9 Å². The van der Waals surface area contributed by atoms with E-state index in [1.165, 1.54) is 11.8 Å². The van der Waals surface area contributed by atoms with Crippen LogP contribution in [0.4, 0.5) is 0 Å². The van der Waals surface area contributed by atoms with Gasteiger partial charge in [0.05, 0.1) is 17.1 Å².